The lowest BCUT2D eigenvalue weighted by Crippen LogP contribution is -2.28. The fourth-order valence-electron chi connectivity index (χ4n) is 1.37. The van der Waals surface area contributed by atoms with E-state index in [0.29, 0.717) is 6.54 Å². The van der Waals surface area contributed by atoms with E-state index < -0.39 is 5.97 Å². The number of hydrogen-bond acceptors (Lipinski definition) is 3. The Morgan fingerprint density at radius 1 is 1.75 bits per heavy atom. The number of aromatic carboxylic acids is 1. The summed E-state index contributed by atoms with van der Waals surface area (Å²) in [6.07, 6.45) is 1.58. The minimum absolute atomic E-state index is 0.169. The number of carboxylic acids is 1. The zero-order valence-corrected chi connectivity index (χ0v) is 6.45. The predicted molar refractivity (Wildman–Crippen MR) is 40.9 cm³/mol. The lowest BCUT2D eigenvalue weighted by molar-refractivity contribution is 0.0689. The van der Waals surface area contributed by atoms with Gasteiger partial charge in [-0.15, -0.1) is 0 Å². The van der Waals surface area contributed by atoms with E-state index in [1.165, 1.54) is 0 Å². The van der Waals surface area contributed by atoms with Crippen molar-refractivity contribution < 1.29 is 9.90 Å². The molecule has 0 saturated heterocycles. The molecule has 0 fully saturated rings. The second kappa shape index (κ2) is 2.60. The summed E-state index contributed by atoms with van der Waals surface area (Å²) in [5.74, 6) is -0.951. The minimum atomic E-state index is -0.951. The molecule has 0 unspecified atom stereocenters. The number of nitrogens with one attached hydrogen (secondary N) is 1. The highest BCUT2D eigenvalue weighted by molar-refractivity contribution is 5.86. The van der Waals surface area contributed by atoms with Crippen molar-refractivity contribution in [1.29, 1.82) is 0 Å². The molecule has 0 bridgehead atoms. The van der Waals surface area contributed by atoms with Gasteiger partial charge in [0.2, 0.25) is 0 Å². The first kappa shape index (κ1) is 7.30. The van der Waals surface area contributed by atoms with Crippen LogP contribution in [0.25, 0.3) is 0 Å². The maximum Gasteiger partial charge on any atom is 0.356 e. The maximum atomic E-state index is 10.6. The highest BCUT2D eigenvalue weighted by atomic mass is 16.4. The van der Waals surface area contributed by atoms with Crippen LogP contribution in [0, 0.1) is 0 Å². The van der Waals surface area contributed by atoms with Crippen LogP contribution in [-0.2, 0) is 13.1 Å². The number of rotatable bonds is 1. The molecule has 1 aromatic rings. The van der Waals surface area contributed by atoms with Gasteiger partial charge < -0.3 is 15.0 Å². The van der Waals surface area contributed by atoms with Crippen molar-refractivity contribution in [2.75, 3.05) is 6.54 Å². The Kier molecular flexibility index (Phi) is 1.58. The van der Waals surface area contributed by atoms with Gasteiger partial charge in [0.1, 0.15) is 0 Å². The van der Waals surface area contributed by atoms with E-state index in [1.54, 1.807) is 6.33 Å². The molecule has 2 rings (SSSR count). The molecule has 0 aliphatic carbocycles. The summed E-state index contributed by atoms with van der Waals surface area (Å²) in [4.78, 5) is 14.5. The minimum Gasteiger partial charge on any atom is -0.476 e. The molecule has 5 heteroatoms. The van der Waals surface area contributed by atoms with Gasteiger partial charge in [-0.1, -0.05) is 0 Å². The first-order valence-corrected chi connectivity index (χ1v) is 3.77. The highest BCUT2D eigenvalue weighted by Crippen LogP contribution is 2.09. The molecule has 2 heterocycles. The summed E-state index contributed by atoms with van der Waals surface area (Å²) in [7, 11) is 0. The van der Waals surface area contributed by atoms with Crippen molar-refractivity contribution in [3.63, 3.8) is 0 Å². The molecule has 0 radical (unpaired) electrons. The lowest BCUT2D eigenvalue weighted by atomic mass is 10.3. The molecule has 1 aromatic heterocycles. The summed E-state index contributed by atoms with van der Waals surface area (Å²) < 4.78 is 1.87. The second-order valence-electron chi connectivity index (χ2n) is 2.72. The summed E-state index contributed by atoms with van der Waals surface area (Å²) in [6, 6.07) is 0. The van der Waals surface area contributed by atoms with Crippen LogP contribution >= 0.6 is 0 Å². The van der Waals surface area contributed by atoms with Gasteiger partial charge in [-0.05, 0) is 0 Å². The standard InChI is InChI=1S/C7H9N3O2/c11-7(12)6-5-3-8-1-2-10(5)4-9-6/h4,8H,1-3H2,(H,11,12). The molecular weight excluding hydrogens is 158 g/mol. The number of aromatic nitrogens is 2. The highest BCUT2D eigenvalue weighted by Gasteiger charge is 2.18. The van der Waals surface area contributed by atoms with Gasteiger partial charge in [-0.3, -0.25) is 0 Å². The van der Waals surface area contributed by atoms with Gasteiger partial charge in [0.25, 0.3) is 0 Å². The van der Waals surface area contributed by atoms with Crippen molar-refractivity contribution in [3.8, 4) is 0 Å². The van der Waals surface area contributed by atoms with Crippen LogP contribution in [0.15, 0.2) is 6.33 Å². The van der Waals surface area contributed by atoms with Crippen LogP contribution in [0.1, 0.15) is 16.2 Å². The van der Waals surface area contributed by atoms with Gasteiger partial charge in [0, 0.05) is 19.6 Å². The number of fused-ring (bicyclic) bond motifs is 1. The fraction of sp³-hybridized carbons (Fsp3) is 0.429. The first-order chi connectivity index (χ1) is 5.79. The van der Waals surface area contributed by atoms with E-state index in [0.717, 1.165) is 18.8 Å². The summed E-state index contributed by atoms with van der Waals surface area (Å²) >= 11 is 0. The van der Waals surface area contributed by atoms with Crippen molar-refractivity contribution >= 4 is 5.97 Å². The Labute approximate surface area is 69.0 Å². The van der Waals surface area contributed by atoms with Crippen LogP contribution in [0.3, 0.4) is 0 Å². The smallest absolute Gasteiger partial charge is 0.356 e. The normalized spacial score (nSPS) is 15.7. The van der Waals surface area contributed by atoms with Gasteiger partial charge in [-0.25, -0.2) is 9.78 Å². The summed E-state index contributed by atoms with van der Waals surface area (Å²) in [5, 5.41) is 11.8. The Morgan fingerprint density at radius 2 is 2.58 bits per heavy atom. The fourth-order valence-corrected chi connectivity index (χ4v) is 1.37. The Bertz CT molecular complexity index is 318. The van der Waals surface area contributed by atoms with Gasteiger partial charge >= 0.3 is 5.97 Å². The Hall–Kier alpha value is -1.36. The summed E-state index contributed by atoms with van der Waals surface area (Å²) in [5.41, 5.74) is 0.941. The summed E-state index contributed by atoms with van der Waals surface area (Å²) in [6.45, 7) is 2.28. The van der Waals surface area contributed by atoms with E-state index in [-0.39, 0.29) is 5.69 Å². The van der Waals surface area contributed by atoms with Crippen molar-refractivity contribution in [3.05, 3.63) is 17.7 Å². The number of carboxylic acid groups (broad SMARTS) is 1. The SMILES string of the molecule is O=C(O)c1ncn2c1CNCC2. The first-order valence-electron chi connectivity index (χ1n) is 3.77. The van der Waals surface area contributed by atoms with Crippen LogP contribution in [0.2, 0.25) is 0 Å². The van der Waals surface area contributed by atoms with Crippen LogP contribution < -0.4 is 5.32 Å². The molecule has 0 aromatic carbocycles. The van der Waals surface area contributed by atoms with Crippen molar-refractivity contribution in [2.24, 2.45) is 0 Å². The third kappa shape index (κ3) is 0.984. The molecule has 0 amide bonds. The maximum absolute atomic E-state index is 10.6. The zero-order chi connectivity index (χ0) is 8.55. The molecule has 0 saturated carbocycles. The quantitative estimate of drug-likeness (QED) is 0.601. The van der Waals surface area contributed by atoms with Gasteiger partial charge in [0.15, 0.2) is 5.69 Å². The van der Waals surface area contributed by atoms with Crippen LogP contribution in [0.4, 0.5) is 0 Å². The van der Waals surface area contributed by atoms with E-state index in [1.807, 2.05) is 4.57 Å². The average molecular weight is 167 g/mol. The molecule has 0 atom stereocenters. The number of hydrogen-bond donors (Lipinski definition) is 2. The van der Waals surface area contributed by atoms with Crippen molar-refractivity contribution in [2.45, 2.75) is 13.1 Å². The molecule has 64 valence electrons. The molecule has 0 spiro atoms. The second-order valence-corrected chi connectivity index (χ2v) is 2.72. The van der Waals surface area contributed by atoms with E-state index in [9.17, 15) is 4.79 Å². The number of carbonyl (C=O) groups is 1. The molecule has 1 aliphatic rings. The monoisotopic (exact) mass is 167 g/mol. The Balaban J connectivity index is 2.44. The molecule has 1 aliphatic heterocycles. The van der Waals surface area contributed by atoms with Crippen molar-refractivity contribution in [1.82, 2.24) is 14.9 Å². The van der Waals surface area contributed by atoms with Gasteiger partial charge in [-0.2, -0.15) is 0 Å². The average Bonchev–Trinajstić information content (AvgIpc) is 2.47. The van der Waals surface area contributed by atoms with Crippen LogP contribution in [0.5, 0.6) is 0 Å². The molecule has 2 N–H and O–H groups in total. The molecular formula is C7H9N3O2. The topological polar surface area (TPSA) is 67.1 Å². The largest absolute Gasteiger partial charge is 0.476 e. The van der Waals surface area contributed by atoms with Crippen LogP contribution in [-0.4, -0.2) is 27.2 Å². The predicted octanol–water partition coefficient (Wildman–Crippen LogP) is -0.316. The molecule has 12 heavy (non-hydrogen) atoms. The van der Waals surface area contributed by atoms with E-state index in [4.69, 9.17) is 5.11 Å². The number of nitrogens with zero attached hydrogens (tertiary/aromatic N) is 2. The third-order valence-corrected chi connectivity index (χ3v) is 1.97. The Morgan fingerprint density at radius 3 is 3.33 bits per heavy atom. The number of imidazole rings is 1. The molecule has 5 nitrogen and oxygen atoms in total. The zero-order valence-electron chi connectivity index (χ0n) is 6.45. The van der Waals surface area contributed by atoms with Gasteiger partial charge in [0.05, 0.1) is 12.0 Å². The third-order valence-electron chi connectivity index (χ3n) is 1.97. The van der Waals surface area contributed by atoms with E-state index >= 15 is 0 Å². The lowest BCUT2D eigenvalue weighted by Gasteiger charge is -2.15. The van der Waals surface area contributed by atoms with E-state index in [2.05, 4.69) is 10.3 Å².